The number of carboxylic acid groups (broad SMARTS) is 1. The van der Waals surface area contributed by atoms with Gasteiger partial charge in [-0.2, -0.15) is 0 Å². The van der Waals surface area contributed by atoms with E-state index in [1.807, 2.05) is 0 Å². The maximum Gasteiger partial charge on any atom is 0.303 e. The van der Waals surface area contributed by atoms with E-state index in [2.05, 4.69) is 4.98 Å². The molecule has 0 amide bonds. The van der Waals surface area contributed by atoms with Crippen molar-refractivity contribution >= 4 is 40.1 Å². The summed E-state index contributed by atoms with van der Waals surface area (Å²) < 4.78 is 0. The van der Waals surface area contributed by atoms with Crippen molar-refractivity contribution in [3.8, 4) is 0 Å². The molecule has 0 bridgehead atoms. The van der Waals surface area contributed by atoms with Gasteiger partial charge in [-0.1, -0.05) is 23.2 Å². The minimum absolute atomic E-state index is 0.0892. The lowest BCUT2D eigenvalue weighted by atomic mass is 10.1. The summed E-state index contributed by atoms with van der Waals surface area (Å²) in [4.78, 5) is 13.5. The summed E-state index contributed by atoms with van der Waals surface area (Å²) in [5.74, 6) is -0.820. The molecule has 0 unspecified atom stereocenters. The van der Waals surface area contributed by atoms with E-state index in [1.54, 1.807) is 18.3 Å². The van der Waals surface area contributed by atoms with Gasteiger partial charge in [0.1, 0.15) is 0 Å². The average molecular weight is 258 g/mol. The van der Waals surface area contributed by atoms with Crippen LogP contribution in [0.4, 0.5) is 0 Å². The maximum atomic E-state index is 10.5. The Morgan fingerprint density at radius 3 is 2.81 bits per heavy atom. The molecule has 0 spiro atoms. The van der Waals surface area contributed by atoms with Gasteiger partial charge in [0, 0.05) is 28.5 Å². The first-order valence-corrected chi connectivity index (χ1v) is 5.50. The quantitative estimate of drug-likeness (QED) is 0.885. The lowest BCUT2D eigenvalue weighted by Crippen LogP contribution is -1.96. The van der Waals surface area contributed by atoms with Crippen LogP contribution in [0.25, 0.3) is 10.9 Å². The summed E-state index contributed by atoms with van der Waals surface area (Å²) in [6, 6.07) is 3.43. The van der Waals surface area contributed by atoms with E-state index in [9.17, 15) is 4.79 Å². The zero-order valence-electron chi connectivity index (χ0n) is 8.26. The molecule has 16 heavy (non-hydrogen) atoms. The molecule has 5 heteroatoms. The van der Waals surface area contributed by atoms with E-state index in [4.69, 9.17) is 28.3 Å². The molecule has 3 nitrogen and oxygen atoms in total. The number of carboxylic acids is 1. The Balaban J connectivity index is 2.43. The number of halogens is 2. The van der Waals surface area contributed by atoms with Gasteiger partial charge >= 0.3 is 5.97 Å². The van der Waals surface area contributed by atoms with Crippen LogP contribution in [0.3, 0.4) is 0 Å². The number of aryl methyl sites for hydroxylation is 1. The highest BCUT2D eigenvalue weighted by molar-refractivity contribution is 6.38. The maximum absolute atomic E-state index is 10.5. The highest BCUT2D eigenvalue weighted by Crippen LogP contribution is 2.30. The first-order valence-electron chi connectivity index (χ1n) is 4.74. The van der Waals surface area contributed by atoms with E-state index in [-0.39, 0.29) is 6.42 Å². The highest BCUT2D eigenvalue weighted by Gasteiger charge is 2.10. The van der Waals surface area contributed by atoms with Crippen molar-refractivity contribution in [3.63, 3.8) is 0 Å². The molecule has 2 N–H and O–H groups in total. The van der Waals surface area contributed by atoms with E-state index in [0.29, 0.717) is 16.5 Å². The van der Waals surface area contributed by atoms with Crippen LogP contribution in [0.1, 0.15) is 12.0 Å². The molecule has 0 saturated heterocycles. The summed E-state index contributed by atoms with van der Waals surface area (Å²) in [6.45, 7) is 0. The molecule has 2 aromatic rings. The lowest BCUT2D eigenvalue weighted by molar-refractivity contribution is -0.136. The molecule has 2 rings (SSSR count). The summed E-state index contributed by atoms with van der Waals surface area (Å²) in [7, 11) is 0. The van der Waals surface area contributed by atoms with Gasteiger partial charge in [-0.3, -0.25) is 4.79 Å². The fourth-order valence-corrected chi connectivity index (χ4v) is 2.30. The Morgan fingerprint density at radius 2 is 2.12 bits per heavy atom. The monoisotopic (exact) mass is 257 g/mol. The van der Waals surface area contributed by atoms with Crippen LogP contribution < -0.4 is 0 Å². The van der Waals surface area contributed by atoms with E-state index in [0.717, 1.165) is 16.5 Å². The van der Waals surface area contributed by atoms with Gasteiger partial charge in [0.25, 0.3) is 0 Å². The van der Waals surface area contributed by atoms with Crippen LogP contribution in [-0.4, -0.2) is 16.1 Å². The molecule has 0 aliphatic rings. The van der Waals surface area contributed by atoms with Crippen molar-refractivity contribution in [2.24, 2.45) is 0 Å². The molecule has 0 aliphatic heterocycles. The first-order chi connectivity index (χ1) is 7.58. The molecule has 0 aliphatic carbocycles. The minimum Gasteiger partial charge on any atom is -0.481 e. The second kappa shape index (κ2) is 4.36. The zero-order valence-corrected chi connectivity index (χ0v) is 9.77. The van der Waals surface area contributed by atoms with Crippen molar-refractivity contribution in [2.45, 2.75) is 12.8 Å². The van der Waals surface area contributed by atoms with Gasteiger partial charge in [0.05, 0.1) is 5.02 Å². The number of aliphatic carboxylic acids is 1. The van der Waals surface area contributed by atoms with Crippen molar-refractivity contribution in [2.75, 3.05) is 0 Å². The molecule has 84 valence electrons. The van der Waals surface area contributed by atoms with Crippen LogP contribution in [0.15, 0.2) is 18.3 Å². The number of benzene rings is 1. The minimum atomic E-state index is -0.820. The normalized spacial score (nSPS) is 10.9. The highest BCUT2D eigenvalue weighted by atomic mass is 35.5. The number of nitrogens with one attached hydrogen (secondary N) is 1. The Labute approximate surface area is 102 Å². The molecule has 0 atom stereocenters. The third-order valence-electron chi connectivity index (χ3n) is 2.39. The summed E-state index contributed by atoms with van der Waals surface area (Å²) in [6.07, 6.45) is 2.32. The molecular weight excluding hydrogens is 249 g/mol. The Morgan fingerprint density at radius 1 is 1.38 bits per heavy atom. The van der Waals surface area contributed by atoms with Crippen molar-refractivity contribution < 1.29 is 9.90 Å². The Kier molecular flexibility index (Phi) is 3.08. The SMILES string of the molecule is O=C(O)CCc1c[nH]c2cc(Cl)cc(Cl)c12. The summed E-state index contributed by atoms with van der Waals surface area (Å²) in [5, 5.41) is 10.6. The van der Waals surface area contributed by atoms with Gasteiger partial charge in [0.2, 0.25) is 0 Å². The van der Waals surface area contributed by atoms with Gasteiger partial charge in [-0.25, -0.2) is 0 Å². The molecule has 0 radical (unpaired) electrons. The number of aromatic amines is 1. The van der Waals surface area contributed by atoms with Crippen LogP contribution in [-0.2, 0) is 11.2 Å². The van der Waals surface area contributed by atoms with Gasteiger partial charge < -0.3 is 10.1 Å². The number of fused-ring (bicyclic) bond motifs is 1. The number of carbonyl (C=O) groups is 1. The fourth-order valence-electron chi connectivity index (χ4n) is 1.69. The number of rotatable bonds is 3. The molecule has 0 fully saturated rings. The van der Waals surface area contributed by atoms with Crippen LogP contribution >= 0.6 is 23.2 Å². The predicted octanol–water partition coefficient (Wildman–Crippen LogP) is 3.49. The number of H-pyrrole nitrogens is 1. The number of hydrogen-bond donors (Lipinski definition) is 2. The predicted molar refractivity (Wildman–Crippen MR) is 64.3 cm³/mol. The van der Waals surface area contributed by atoms with E-state index < -0.39 is 5.97 Å². The number of hydrogen-bond acceptors (Lipinski definition) is 1. The lowest BCUT2D eigenvalue weighted by Gasteiger charge is -2.00. The fraction of sp³-hybridized carbons (Fsp3) is 0.182. The van der Waals surface area contributed by atoms with Crippen LogP contribution in [0.5, 0.6) is 0 Å². The second-order valence-corrected chi connectivity index (χ2v) is 4.36. The van der Waals surface area contributed by atoms with Crippen LogP contribution in [0, 0.1) is 0 Å². The third kappa shape index (κ3) is 2.15. The van der Waals surface area contributed by atoms with Crippen molar-refractivity contribution in [1.29, 1.82) is 0 Å². The summed E-state index contributed by atoms with van der Waals surface area (Å²) in [5.41, 5.74) is 1.73. The first kappa shape index (κ1) is 11.3. The van der Waals surface area contributed by atoms with Gasteiger partial charge in [0.15, 0.2) is 0 Å². The standard InChI is InChI=1S/C11H9Cl2NO2/c12-7-3-8(13)11-6(1-2-10(15)16)5-14-9(11)4-7/h3-5,14H,1-2H2,(H,15,16). The Hall–Kier alpha value is -1.19. The molecular formula is C11H9Cl2NO2. The molecule has 1 aromatic heterocycles. The molecule has 0 saturated carbocycles. The van der Waals surface area contributed by atoms with Crippen molar-refractivity contribution in [1.82, 2.24) is 4.98 Å². The third-order valence-corrected chi connectivity index (χ3v) is 2.90. The van der Waals surface area contributed by atoms with Gasteiger partial charge in [-0.15, -0.1) is 0 Å². The number of aromatic nitrogens is 1. The van der Waals surface area contributed by atoms with E-state index in [1.165, 1.54) is 0 Å². The second-order valence-electron chi connectivity index (χ2n) is 3.52. The molecule has 1 heterocycles. The Bertz CT molecular complexity index is 548. The smallest absolute Gasteiger partial charge is 0.303 e. The molecule has 1 aromatic carbocycles. The zero-order chi connectivity index (χ0) is 11.7. The average Bonchev–Trinajstić information content (AvgIpc) is 2.57. The van der Waals surface area contributed by atoms with E-state index >= 15 is 0 Å². The van der Waals surface area contributed by atoms with Crippen molar-refractivity contribution in [3.05, 3.63) is 33.9 Å². The van der Waals surface area contributed by atoms with Crippen LogP contribution in [0.2, 0.25) is 10.0 Å². The topological polar surface area (TPSA) is 53.1 Å². The van der Waals surface area contributed by atoms with Gasteiger partial charge in [-0.05, 0) is 24.1 Å². The largest absolute Gasteiger partial charge is 0.481 e. The summed E-state index contributed by atoms with van der Waals surface area (Å²) >= 11 is 11.9.